The fourth-order valence-electron chi connectivity index (χ4n) is 0.319. The molecule has 0 amide bonds. The van der Waals surface area contributed by atoms with Crippen LogP contribution in [0, 0.1) is 0 Å². The summed E-state index contributed by atoms with van der Waals surface area (Å²) in [5.41, 5.74) is 0. The minimum absolute atomic E-state index is 0.0994. The second-order valence-electron chi connectivity index (χ2n) is 2.72. The molecule has 0 spiro atoms. The van der Waals surface area contributed by atoms with Crippen LogP contribution in [-0.4, -0.2) is 22.2 Å². The Balaban J connectivity index is 3.56. The summed E-state index contributed by atoms with van der Waals surface area (Å²) in [7, 11) is 0. The normalized spacial score (nSPS) is 11.6. The average Bonchev–Trinajstić information content (AvgIpc) is 1.85. The molecule has 0 rings (SSSR count). The zero-order chi connectivity index (χ0) is 8.20. The highest BCUT2D eigenvalue weighted by Gasteiger charge is 2.16. The molecule has 0 saturated carbocycles. The van der Waals surface area contributed by atoms with Gasteiger partial charge >= 0.3 is 0 Å². The summed E-state index contributed by atoms with van der Waals surface area (Å²) in [6.07, 6.45) is 0. The molecule has 0 radical (unpaired) electrons. The summed E-state index contributed by atoms with van der Waals surface area (Å²) in [6.45, 7) is 7.66. The fourth-order valence-corrected chi connectivity index (χ4v) is 1.12. The van der Waals surface area contributed by atoms with Crippen molar-refractivity contribution in [3.63, 3.8) is 0 Å². The second-order valence-corrected chi connectivity index (χ2v) is 4.94. The molecule has 60 valence electrons. The average molecular weight is 181 g/mol. The molecular weight excluding hydrogens is 168 g/mol. The van der Waals surface area contributed by atoms with Crippen molar-refractivity contribution >= 4 is 23.4 Å². The van der Waals surface area contributed by atoms with Gasteiger partial charge in [0, 0.05) is 15.5 Å². The van der Waals surface area contributed by atoms with E-state index in [1.165, 1.54) is 0 Å². The number of hydrogen-bond donors (Lipinski definition) is 1. The smallest absolute Gasteiger partial charge is 0.0572 e. The zero-order valence-electron chi connectivity index (χ0n) is 6.35. The minimum atomic E-state index is -0.0994. The molecule has 3 heteroatoms. The zero-order valence-corrected chi connectivity index (χ0v) is 7.93. The van der Waals surface area contributed by atoms with Crippen LogP contribution in [0.15, 0.2) is 11.6 Å². The summed E-state index contributed by atoms with van der Waals surface area (Å²) in [6, 6.07) is 0. The van der Waals surface area contributed by atoms with Crippen molar-refractivity contribution in [3.8, 4) is 0 Å². The lowest BCUT2D eigenvalue weighted by Crippen LogP contribution is -2.20. The number of hydrogen-bond acceptors (Lipinski definition) is 2. The maximum atomic E-state index is 8.81. The standard InChI is InChI=1S/C7H13ClOS/c1-6(8)4-10-7(2,3)5-9/h9H,1,4-5H2,2-3H3. The topological polar surface area (TPSA) is 20.2 Å². The van der Waals surface area contributed by atoms with Crippen LogP contribution in [0.2, 0.25) is 0 Å². The van der Waals surface area contributed by atoms with Gasteiger partial charge in [0.25, 0.3) is 0 Å². The van der Waals surface area contributed by atoms with Crippen LogP contribution in [0.3, 0.4) is 0 Å². The summed E-state index contributed by atoms with van der Waals surface area (Å²) in [4.78, 5) is 0. The Bertz CT molecular complexity index is 123. The van der Waals surface area contributed by atoms with Gasteiger partial charge in [-0.3, -0.25) is 0 Å². The molecule has 0 atom stereocenters. The van der Waals surface area contributed by atoms with Crippen molar-refractivity contribution in [1.29, 1.82) is 0 Å². The first kappa shape index (κ1) is 10.3. The van der Waals surface area contributed by atoms with Crippen molar-refractivity contribution in [1.82, 2.24) is 0 Å². The highest BCUT2D eigenvalue weighted by atomic mass is 35.5. The third-order valence-electron chi connectivity index (χ3n) is 1.00. The first-order chi connectivity index (χ1) is 4.48. The van der Waals surface area contributed by atoms with Gasteiger partial charge in [-0.2, -0.15) is 0 Å². The quantitative estimate of drug-likeness (QED) is 0.716. The van der Waals surface area contributed by atoms with E-state index in [1.54, 1.807) is 11.8 Å². The van der Waals surface area contributed by atoms with Gasteiger partial charge < -0.3 is 5.11 Å². The van der Waals surface area contributed by atoms with Gasteiger partial charge in [-0.1, -0.05) is 18.2 Å². The van der Waals surface area contributed by atoms with Gasteiger partial charge in [0.1, 0.15) is 0 Å². The number of rotatable bonds is 4. The second kappa shape index (κ2) is 4.27. The third-order valence-corrected chi connectivity index (χ3v) is 2.70. The Morgan fingerprint density at radius 1 is 1.70 bits per heavy atom. The molecule has 0 aromatic rings. The molecule has 0 aliphatic heterocycles. The largest absolute Gasteiger partial charge is 0.395 e. The molecular formula is C7H13ClOS. The molecule has 0 unspecified atom stereocenters. The van der Waals surface area contributed by atoms with Gasteiger partial charge in [0.2, 0.25) is 0 Å². The molecule has 1 nitrogen and oxygen atoms in total. The van der Waals surface area contributed by atoms with Crippen LogP contribution < -0.4 is 0 Å². The van der Waals surface area contributed by atoms with E-state index in [1.807, 2.05) is 13.8 Å². The van der Waals surface area contributed by atoms with E-state index in [-0.39, 0.29) is 11.4 Å². The molecule has 0 aliphatic carbocycles. The van der Waals surface area contributed by atoms with Crippen molar-refractivity contribution in [2.45, 2.75) is 18.6 Å². The lowest BCUT2D eigenvalue weighted by atomic mass is 10.2. The Labute approximate surface area is 71.5 Å². The van der Waals surface area contributed by atoms with Crippen molar-refractivity contribution in [3.05, 3.63) is 11.6 Å². The first-order valence-electron chi connectivity index (χ1n) is 3.06. The minimum Gasteiger partial charge on any atom is -0.395 e. The molecule has 0 aromatic carbocycles. The van der Waals surface area contributed by atoms with E-state index in [0.717, 1.165) is 0 Å². The number of halogens is 1. The Hall–Kier alpha value is 0.340. The van der Waals surface area contributed by atoms with E-state index in [2.05, 4.69) is 6.58 Å². The van der Waals surface area contributed by atoms with Crippen LogP contribution in [0.4, 0.5) is 0 Å². The Morgan fingerprint density at radius 2 is 2.20 bits per heavy atom. The van der Waals surface area contributed by atoms with E-state index in [0.29, 0.717) is 10.8 Å². The Morgan fingerprint density at radius 3 is 2.50 bits per heavy atom. The van der Waals surface area contributed by atoms with E-state index in [9.17, 15) is 0 Å². The van der Waals surface area contributed by atoms with Crippen molar-refractivity contribution < 1.29 is 5.11 Å². The maximum absolute atomic E-state index is 8.81. The van der Waals surface area contributed by atoms with Crippen LogP contribution in [-0.2, 0) is 0 Å². The van der Waals surface area contributed by atoms with E-state index in [4.69, 9.17) is 16.7 Å². The van der Waals surface area contributed by atoms with Crippen LogP contribution in [0.1, 0.15) is 13.8 Å². The number of thioether (sulfide) groups is 1. The highest BCUT2D eigenvalue weighted by molar-refractivity contribution is 8.00. The summed E-state index contributed by atoms with van der Waals surface area (Å²) in [5.74, 6) is 0.703. The molecule has 0 heterocycles. The molecule has 0 saturated heterocycles. The van der Waals surface area contributed by atoms with E-state index < -0.39 is 0 Å². The highest BCUT2D eigenvalue weighted by Crippen LogP contribution is 2.25. The van der Waals surface area contributed by atoms with Gasteiger partial charge in [0.15, 0.2) is 0 Å². The summed E-state index contributed by atoms with van der Waals surface area (Å²) >= 11 is 7.15. The number of aliphatic hydroxyl groups excluding tert-OH is 1. The fraction of sp³-hybridized carbons (Fsp3) is 0.714. The van der Waals surface area contributed by atoms with Crippen LogP contribution in [0.25, 0.3) is 0 Å². The molecule has 0 aliphatic rings. The SMILES string of the molecule is C=C(Cl)CSC(C)(C)CO. The molecule has 10 heavy (non-hydrogen) atoms. The Kier molecular flexibility index (Phi) is 4.41. The van der Waals surface area contributed by atoms with Crippen molar-refractivity contribution in [2.75, 3.05) is 12.4 Å². The summed E-state index contributed by atoms with van der Waals surface area (Å²) < 4.78 is -0.0994. The molecule has 0 fully saturated rings. The predicted octanol–water partition coefficient (Wildman–Crippen LogP) is 2.24. The van der Waals surface area contributed by atoms with Crippen LogP contribution >= 0.6 is 23.4 Å². The number of aliphatic hydroxyl groups is 1. The van der Waals surface area contributed by atoms with Gasteiger partial charge in [-0.05, 0) is 13.8 Å². The van der Waals surface area contributed by atoms with E-state index >= 15 is 0 Å². The lowest BCUT2D eigenvalue weighted by molar-refractivity contribution is 0.265. The maximum Gasteiger partial charge on any atom is 0.0572 e. The molecule has 1 N–H and O–H groups in total. The van der Waals surface area contributed by atoms with Crippen molar-refractivity contribution in [2.24, 2.45) is 0 Å². The molecule has 0 aromatic heterocycles. The first-order valence-corrected chi connectivity index (χ1v) is 4.42. The van der Waals surface area contributed by atoms with Gasteiger partial charge in [-0.25, -0.2) is 0 Å². The van der Waals surface area contributed by atoms with Crippen LogP contribution in [0.5, 0.6) is 0 Å². The third kappa shape index (κ3) is 5.15. The molecule has 0 bridgehead atoms. The van der Waals surface area contributed by atoms with Gasteiger partial charge in [0.05, 0.1) is 6.61 Å². The predicted molar refractivity (Wildman–Crippen MR) is 48.6 cm³/mol. The summed E-state index contributed by atoms with van der Waals surface area (Å²) in [5, 5.41) is 9.44. The van der Waals surface area contributed by atoms with Gasteiger partial charge in [-0.15, -0.1) is 11.8 Å². The lowest BCUT2D eigenvalue weighted by Gasteiger charge is -2.20. The monoisotopic (exact) mass is 180 g/mol.